The first-order valence-electron chi connectivity index (χ1n) is 10.1. The molecule has 0 atom stereocenters. The van der Waals surface area contributed by atoms with E-state index in [0.717, 1.165) is 30.1 Å². The molecular formula is C25H28OSn. The summed E-state index contributed by atoms with van der Waals surface area (Å²) in [7, 11) is 0. The zero-order valence-electron chi connectivity index (χ0n) is 15.9. The second-order valence-electron chi connectivity index (χ2n) is 7.97. The van der Waals surface area contributed by atoms with Crippen molar-refractivity contribution < 1.29 is 5.11 Å². The Labute approximate surface area is 167 Å². The summed E-state index contributed by atoms with van der Waals surface area (Å²) in [6, 6.07) is 33.1. The van der Waals surface area contributed by atoms with E-state index in [9.17, 15) is 5.11 Å². The SMILES string of the molecule is OC1([CH2][Sn]([c]2ccccc2)([c]2ccccc2)[c]2ccccc2)CCCCC1. The zero-order valence-corrected chi connectivity index (χ0v) is 18.7. The van der Waals surface area contributed by atoms with E-state index in [1.165, 1.54) is 17.2 Å². The van der Waals surface area contributed by atoms with Crippen molar-refractivity contribution >= 4 is 29.1 Å². The standard InChI is InChI=1S/C7H13O.3C6H5.Sn/c1-7(8)5-3-2-4-6-7;3*1-2-4-6-5-3-1;/h8H,1-6H2;3*1-5H;. The quantitative estimate of drug-likeness (QED) is 0.571. The predicted octanol–water partition coefficient (Wildman–Crippen LogP) is 3.85. The third-order valence-corrected chi connectivity index (χ3v) is 20.9. The number of benzene rings is 3. The summed E-state index contributed by atoms with van der Waals surface area (Å²) in [6.45, 7) is 0. The van der Waals surface area contributed by atoms with E-state index >= 15 is 0 Å². The molecule has 1 saturated carbocycles. The van der Waals surface area contributed by atoms with Gasteiger partial charge in [0.05, 0.1) is 0 Å². The molecule has 1 aliphatic rings. The summed E-state index contributed by atoms with van der Waals surface area (Å²) in [4.78, 5) is 0. The van der Waals surface area contributed by atoms with Gasteiger partial charge in [-0.25, -0.2) is 0 Å². The molecule has 3 aromatic carbocycles. The third-order valence-electron chi connectivity index (χ3n) is 6.18. The van der Waals surface area contributed by atoms with Crippen molar-refractivity contribution in [3.8, 4) is 0 Å². The molecular weight excluding hydrogens is 435 g/mol. The van der Waals surface area contributed by atoms with Crippen LogP contribution in [-0.2, 0) is 0 Å². The van der Waals surface area contributed by atoms with Crippen LogP contribution in [0.5, 0.6) is 0 Å². The number of aliphatic hydroxyl groups is 1. The Morgan fingerprint density at radius 3 is 1.33 bits per heavy atom. The maximum absolute atomic E-state index is 11.6. The van der Waals surface area contributed by atoms with Gasteiger partial charge in [-0.15, -0.1) is 0 Å². The van der Waals surface area contributed by atoms with E-state index in [-0.39, 0.29) is 0 Å². The molecule has 1 nitrogen and oxygen atoms in total. The van der Waals surface area contributed by atoms with Gasteiger partial charge in [-0.3, -0.25) is 0 Å². The second-order valence-corrected chi connectivity index (χ2v) is 19.1. The van der Waals surface area contributed by atoms with Gasteiger partial charge in [-0.1, -0.05) is 0 Å². The van der Waals surface area contributed by atoms with Crippen molar-refractivity contribution in [2.45, 2.75) is 42.1 Å². The molecule has 27 heavy (non-hydrogen) atoms. The zero-order chi connectivity index (χ0) is 18.6. The van der Waals surface area contributed by atoms with Gasteiger partial charge in [0.15, 0.2) is 0 Å². The summed E-state index contributed by atoms with van der Waals surface area (Å²) < 4.78 is 5.31. The Morgan fingerprint density at radius 1 is 0.593 bits per heavy atom. The van der Waals surface area contributed by atoms with E-state index < -0.39 is 24.0 Å². The van der Waals surface area contributed by atoms with Crippen LogP contribution in [0.15, 0.2) is 91.0 Å². The van der Waals surface area contributed by atoms with Gasteiger partial charge in [-0.2, -0.15) is 0 Å². The average Bonchev–Trinajstić information content (AvgIpc) is 2.74. The fourth-order valence-electron chi connectivity index (χ4n) is 4.85. The van der Waals surface area contributed by atoms with E-state index in [1.807, 2.05) is 0 Å². The first-order valence-corrected chi connectivity index (χ1v) is 16.4. The third kappa shape index (κ3) is 3.86. The topological polar surface area (TPSA) is 20.2 Å². The maximum atomic E-state index is 11.6. The second kappa shape index (κ2) is 8.20. The molecule has 0 radical (unpaired) electrons. The van der Waals surface area contributed by atoms with Crippen molar-refractivity contribution in [3.05, 3.63) is 91.0 Å². The molecule has 0 bridgehead atoms. The molecule has 0 amide bonds. The van der Waals surface area contributed by atoms with Gasteiger partial charge >= 0.3 is 167 Å². The molecule has 138 valence electrons. The van der Waals surface area contributed by atoms with Gasteiger partial charge in [0, 0.05) is 0 Å². The van der Waals surface area contributed by atoms with Crippen molar-refractivity contribution in [1.29, 1.82) is 0 Å². The number of rotatable bonds is 5. The van der Waals surface area contributed by atoms with Gasteiger partial charge in [0.2, 0.25) is 0 Å². The first kappa shape index (κ1) is 18.8. The molecule has 0 saturated heterocycles. The van der Waals surface area contributed by atoms with Gasteiger partial charge in [0.25, 0.3) is 0 Å². The van der Waals surface area contributed by atoms with Crippen molar-refractivity contribution in [1.82, 2.24) is 0 Å². The van der Waals surface area contributed by atoms with E-state index in [0.29, 0.717) is 0 Å². The van der Waals surface area contributed by atoms with Crippen molar-refractivity contribution in [2.75, 3.05) is 0 Å². The van der Waals surface area contributed by atoms with E-state index in [2.05, 4.69) is 91.0 Å². The molecule has 3 aromatic rings. The summed E-state index contributed by atoms with van der Waals surface area (Å²) in [6.07, 6.45) is 5.44. The molecule has 4 rings (SSSR count). The predicted molar refractivity (Wildman–Crippen MR) is 117 cm³/mol. The number of hydrogen-bond donors (Lipinski definition) is 1. The summed E-state index contributed by atoms with van der Waals surface area (Å²) in [5.74, 6) is 0. The van der Waals surface area contributed by atoms with Crippen LogP contribution in [0.25, 0.3) is 0 Å². The van der Waals surface area contributed by atoms with Gasteiger partial charge in [-0.05, 0) is 0 Å². The Morgan fingerprint density at radius 2 is 0.963 bits per heavy atom. The van der Waals surface area contributed by atoms with Crippen LogP contribution in [0.4, 0.5) is 0 Å². The van der Waals surface area contributed by atoms with Crippen LogP contribution in [0.1, 0.15) is 32.1 Å². The van der Waals surface area contributed by atoms with Crippen LogP contribution in [0, 0.1) is 0 Å². The molecule has 0 aromatic heterocycles. The summed E-state index contributed by atoms with van der Waals surface area (Å²) in [5, 5.41) is 11.6. The fourth-order valence-corrected chi connectivity index (χ4v) is 19.8. The fraction of sp³-hybridized carbons (Fsp3) is 0.280. The minimum absolute atomic E-state index is 0.532. The van der Waals surface area contributed by atoms with Gasteiger partial charge < -0.3 is 0 Å². The molecule has 2 heteroatoms. The Bertz CT molecular complexity index is 743. The Kier molecular flexibility index (Phi) is 5.70. The molecule has 1 N–H and O–H groups in total. The molecule has 1 fully saturated rings. The van der Waals surface area contributed by atoms with E-state index in [4.69, 9.17) is 0 Å². The monoisotopic (exact) mass is 464 g/mol. The van der Waals surface area contributed by atoms with Crippen LogP contribution in [0.2, 0.25) is 4.44 Å². The normalized spacial score (nSPS) is 16.8. The van der Waals surface area contributed by atoms with Crippen LogP contribution >= 0.6 is 0 Å². The minimum atomic E-state index is -3.35. The number of hydrogen-bond acceptors (Lipinski definition) is 1. The Balaban J connectivity index is 1.94. The van der Waals surface area contributed by atoms with Crippen LogP contribution in [0.3, 0.4) is 0 Å². The molecule has 1 aliphatic carbocycles. The van der Waals surface area contributed by atoms with E-state index in [1.54, 1.807) is 0 Å². The summed E-state index contributed by atoms with van der Waals surface area (Å²) in [5.41, 5.74) is -0.532. The van der Waals surface area contributed by atoms with Crippen LogP contribution in [-0.4, -0.2) is 29.1 Å². The van der Waals surface area contributed by atoms with Crippen molar-refractivity contribution in [3.63, 3.8) is 0 Å². The Hall–Kier alpha value is -1.58. The first-order chi connectivity index (χ1) is 13.2. The average molecular weight is 463 g/mol. The molecule has 0 heterocycles. The van der Waals surface area contributed by atoms with Gasteiger partial charge in [0.1, 0.15) is 0 Å². The molecule has 0 aliphatic heterocycles. The van der Waals surface area contributed by atoms with Crippen molar-refractivity contribution in [2.24, 2.45) is 0 Å². The van der Waals surface area contributed by atoms with Crippen LogP contribution < -0.4 is 10.7 Å². The summed E-state index contributed by atoms with van der Waals surface area (Å²) >= 11 is -3.35. The molecule has 0 unspecified atom stereocenters. The molecule has 0 spiro atoms.